The molecule has 0 aliphatic carbocycles. The Kier molecular flexibility index (Phi) is 5.83. The first-order valence-corrected chi connectivity index (χ1v) is 7.48. The minimum Gasteiger partial charge on any atom is -0.388 e. The number of nitrogens with two attached hydrogens (primary N) is 1. The van der Waals surface area contributed by atoms with Crippen LogP contribution in [0.2, 0.25) is 0 Å². The molecule has 106 valence electrons. The van der Waals surface area contributed by atoms with Crippen molar-refractivity contribution in [1.29, 1.82) is 0 Å². The van der Waals surface area contributed by atoms with Crippen molar-refractivity contribution in [2.24, 2.45) is 5.73 Å². The molecule has 2 unspecified atom stereocenters. The van der Waals surface area contributed by atoms with Crippen LogP contribution < -0.4 is 5.73 Å². The molecule has 1 aliphatic heterocycles. The fourth-order valence-corrected chi connectivity index (χ4v) is 3.03. The zero-order valence-electron chi connectivity index (χ0n) is 11.7. The van der Waals surface area contributed by atoms with E-state index in [2.05, 4.69) is 4.90 Å². The lowest BCUT2D eigenvalue weighted by atomic mass is 9.98. The number of benzene rings is 1. The van der Waals surface area contributed by atoms with E-state index in [0.29, 0.717) is 12.6 Å². The van der Waals surface area contributed by atoms with Gasteiger partial charge in [-0.05, 0) is 31.4 Å². The Balaban J connectivity index is 1.98. The number of nitrogens with zero attached hydrogens (tertiary/aromatic N) is 1. The van der Waals surface area contributed by atoms with Gasteiger partial charge in [-0.1, -0.05) is 43.2 Å². The summed E-state index contributed by atoms with van der Waals surface area (Å²) in [5.74, 6) is 0. The predicted octanol–water partition coefficient (Wildman–Crippen LogP) is 2.31. The third kappa shape index (κ3) is 4.30. The monoisotopic (exact) mass is 262 g/mol. The van der Waals surface area contributed by atoms with Crippen LogP contribution in [0.5, 0.6) is 0 Å². The van der Waals surface area contributed by atoms with Crippen LogP contribution in [0.25, 0.3) is 0 Å². The summed E-state index contributed by atoms with van der Waals surface area (Å²) < 4.78 is 0. The average molecular weight is 262 g/mol. The van der Waals surface area contributed by atoms with Gasteiger partial charge in [-0.3, -0.25) is 4.90 Å². The minimum absolute atomic E-state index is 0.357. The summed E-state index contributed by atoms with van der Waals surface area (Å²) in [6.07, 6.45) is 5.49. The summed E-state index contributed by atoms with van der Waals surface area (Å²) in [5, 5.41) is 10.4. The summed E-state index contributed by atoms with van der Waals surface area (Å²) in [6, 6.07) is 10.5. The zero-order valence-corrected chi connectivity index (χ0v) is 11.7. The van der Waals surface area contributed by atoms with E-state index >= 15 is 0 Å². The van der Waals surface area contributed by atoms with Gasteiger partial charge in [0.05, 0.1) is 6.10 Å². The molecule has 3 nitrogen and oxygen atoms in total. The van der Waals surface area contributed by atoms with E-state index in [0.717, 1.165) is 25.1 Å². The molecule has 0 aromatic heterocycles. The number of hydrogen-bond acceptors (Lipinski definition) is 3. The first-order chi connectivity index (χ1) is 9.31. The van der Waals surface area contributed by atoms with Crippen molar-refractivity contribution < 1.29 is 5.11 Å². The molecule has 19 heavy (non-hydrogen) atoms. The van der Waals surface area contributed by atoms with Crippen LogP contribution in [-0.2, 0) is 0 Å². The van der Waals surface area contributed by atoms with Gasteiger partial charge in [-0.25, -0.2) is 0 Å². The Morgan fingerprint density at radius 3 is 2.74 bits per heavy atom. The molecular formula is C16H26N2O. The second kappa shape index (κ2) is 7.63. The van der Waals surface area contributed by atoms with Gasteiger partial charge in [-0.15, -0.1) is 0 Å². The zero-order chi connectivity index (χ0) is 13.5. The van der Waals surface area contributed by atoms with E-state index < -0.39 is 0 Å². The maximum Gasteiger partial charge on any atom is 0.0805 e. The van der Waals surface area contributed by atoms with Gasteiger partial charge in [0.1, 0.15) is 0 Å². The van der Waals surface area contributed by atoms with Crippen molar-refractivity contribution in [2.45, 2.75) is 44.2 Å². The Morgan fingerprint density at radius 2 is 2.00 bits per heavy atom. The van der Waals surface area contributed by atoms with Crippen molar-refractivity contribution in [2.75, 3.05) is 19.6 Å². The molecule has 1 aromatic carbocycles. The summed E-state index contributed by atoms with van der Waals surface area (Å²) in [6.45, 7) is 2.79. The molecule has 0 amide bonds. The van der Waals surface area contributed by atoms with Gasteiger partial charge in [-0.2, -0.15) is 0 Å². The van der Waals surface area contributed by atoms with Crippen LogP contribution in [0.15, 0.2) is 30.3 Å². The number of rotatable bonds is 5. The quantitative estimate of drug-likeness (QED) is 0.856. The van der Waals surface area contributed by atoms with E-state index in [4.69, 9.17) is 5.73 Å². The van der Waals surface area contributed by atoms with Gasteiger partial charge < -0.3 is 10.8 Å². The summed E-state index contributed by atoms with van der Waals surface area (Å²) >= 11 is 0. The van der Waals surface area contributed by atoms with E-state index in [1.807, 2.05) is 30.3 Å². The molecule has 2 rings (SSSR count). The van der Waals surface area contributed by atoms with Crippen molar-refractivity contribution in [3.05, 3.63) is 35.9 Å². The van der Waals surface area contributed by atoms with Crippen molar-refractivity contribution in [3.8, 4) is 0 Å². The molecule has 2 atom stereocenters. The molecule has 3 N–H and O–H groups in total. The molecule has 0 radical (unpaired) electrons. The molecule has 0 bridgehead atoms. The van der Waals surface area contributed by atoms with Gasteiger partial charge in [0.2, 0.25) is 0 Å². The predicted molar refractivity (Wildman–Crippen MR) is 78.9 cm³/mol. The second-order valence-electron chi connectivity index (χ2n) is 5.49. The normalized spacial score (nSPS) is 22.9. The lowest BCUT2D eigenvalue weighted by Crippen LogP contribution is -2.39. The van der Waals surface area contributed by atoms with Crippen molar-refractivity contribution in [1.82, 2.24) is 4.90 Å². The molecular weight excluding hydrogens is 236 g/mol. The second-order valence-corrected chi connectivity index (χ2v) is 5.49. The van der Waals surface area contributed by atoms with E-state index in [9.17, 15) is 5.11 Å². The molecule has 3 heteroatoms. The van der Waals surface area contributed by atoms with E-state index in [-0.39, 0.29) is 6.10 Å². The van der Waals surface area contributed by atoms with E-state index in [1.165, 1.54) is 25.7 Å². The maximum absolute atomic E-state index is 10.4. The minimum atomic E-state index is -0.357. The van der Waals surface area contributed by atoms with Crippen LogP contribution in [0, 0.1) is 0 Å². The molecule has 1 aliphatic rings. The first kappa shape index (κ1) is 14.5. The van der Waals surface area contributed by atoms with Gasteiger partial charge in [0.25, 0.3) is 0 Å². The third-order valence-electron chi connectivity index (χ3n) is 4.10. The van der Waals surface area contributed by atoms with Crippen LogP contribution in [0.3, 0.4) is 0 Å². The topological polar surface area (TPSA) is 49.5 Å². The van der Waals surface area contributed by atoms with Gasteiger partial charge in [0.15, 0.2) is 0 Å². The average Bonchev–Trinajstić information content (AvgIpc) is 2.66. The van der Waals surface area contributed by atoms with Gasteiger partial charge in [0, 0.05) is 19.1 Å². The maximum atomic E-state index is 10.4. The first-order valence-electron chi connectivity index (χ1n) is 7.48. The SMILES string of the molecule is NCCN1CCCCCC1CC(O)c1ccccc1. The van der Waals surface area contributed by atoms with E-state index in [1.54, 1.807) is 0 Å². The van der Waals surface area contributed by atoms with Crippen molar-refractivity contribution in [3.63, 3.8) is 0 Å². The fraction of sp³-hybridized carbons (Fsp3) is 0.625. The van der Waals surface area contributed by atoms with Crippen LogP contribution in [0.1, 0.15) is 43.8 Å². The highest BCUT2D eigenvalue weighted by Gasteiger charge is 2.23. The summed E-state index contributed by atoms with van der Waals surface area (Å²) in [5.41, 5.74) is 6.74. The summed E-state index contributed by atoms with van der Waals surface area (Å²) in [7, 11) is 0. The van der Waals surface area contributed by atoms with Crippen LogP contribution in [-0.4, -0.2) is 35.7 Å². The summed E-state index contributed by atoms with van der Waals surface area (Å²) in [4.78, 5) is 2.47. The van der Waals surface area contributed by atoms with Gasteiger partial charge >= 0.3 is 0 Å². The highest BCUT2D eigenvalue weighted by molar-refractivity contribution is 5.17. The molecule has 0 spiro atoms. The Morgan fingerprint density at radius 1 is 1.21 bits per heavy atom. The molecule has 1 fully saturated rings. The lowest BCUT2D eigenvalue weighted by Gasteiger charge is -2.31. The van der Waals surface area contributed by atoms with Crippen LogP contribution >= 0.6 is 0 Å². The largest absolute Gasteiger partial charge is 0.388 e. The molecule has 1 aromatic rings. The molecule has 1 saturated heterocycles. The Hall–Kier alpha value is -0.900. The number of likely N-dealkylation sites (tertiary alicyclic amines) is 1. The highest BCUT2D eigenvalue weighted by atomic mass is 16.3. The third-order valence-corrected chi connectivity index (χ3v) is 4.10. The number of hydrogen-bond donors (Lipinski definition) is 2. The number of aliphatic hydroxyl groups excluding tert-OH is 1. The smallest absolute Gasteiger partial charge is 0.0805 e. The van der Waals surface area contributed by atoms with Crippen molar-refractivity contribution >= 4 is 0 Å². The molecule has 1 heterocycles. The highest BCUT2D eigenvalue weighted by Crippen LogP contribution is 2.26. The lowest BCUT2D eigenvalue weighted by molar-refractivity contribution is 0.103. The standard InChI is InChI=1S/C16H26N2O/c17-10-12-18-11-6-2-5-9-15(18)13-16(19)14-7-3-1-4-8-14/h1,3-4,7-8,15-16,19H,2,5-6,9-13,17H2. The Labute approximate surface area is 116 Å². The fourth-order valence-electron chi connectivity index (χ4n) is 3.03. The Bertz CT molecular complexity index is 355. The number of aliphatic hydroxyl groups is 1. The molecule has 0 saturated carbocycles. The van der Waals surface area contributed by atoms with Crippen LogP contribution in [0.4, 0.5) is 0 Å².